The monoisotopic (exact) mass is 253 g/mol. The zero-order valence-corrected chi connectivity index (χ0v) is 10.2. The van der Waals surface area contributed by atoms with Crippen molar-refractivity contribution in [2.75, 3.05) is 11.9 Å². The normalized spacial score (nSPS) is 10.5. The Morgan fingerprint density at radius 2 is 2.29 bits per heavy atom. The summed E-state index contributed by atoms with van der Waals surface area (Å²) in [5, 5.41) is 3.14. The molecular formula is C12H13ClFN3. The Labute approximate surface area is 104 Å². The van der Waals surface area contributed by atoms with Crippen molar-refractivity contribution in [1.29, 1.82) is 0 Å². The molecule has 0 atom stereocenters. The highest BCUT2D eigenvalue weighted by Gasteiger charge is 2.05. The van der Waals surface area contributed by atoms with Crippen molar-refractivity contribution in [2.45, 2.75) is 6.42 Å². The molecule has 5 heteroatoms. The third-order valence-electron chi connectivity index (χ3n) is 2.54. The van der Waals surface area contributed by atoms with Gasteiger partial charge in [-0.15, -0.1) is 0 Å². The second-order valence-electron chi connectivity index (χ2n) is 3.73. The maximum Gasteiger partial charge on any atom is 0.164 e. The van der Waals surface area contributed by atoms with Crippen LogP contribution in [0.15, 0.2) is 30.6 Å². The number of halogens is 2. The minimum atomic E-state index is -0.408. The number of rotatable bonds is 4. The van der Waals surface area contributed by atoms with Crippen molar-refractivity contribution >= 4 is 17.3 Å². The summed E-state index contributed by atoms with van der Waals surface area (Å²) in [7, 11) is 1.93. The molecule has 90 valence electrons. The number of nitrogens with zero attached hydrogens (tertiary/aromatic N) is 2. The average molecular weight is 254 g/mol. The van der Waals surface area contributed by atoms with Gasteiger partial charge in [0, 0.05) is 32.4 Å². The van der Waals surface area contributed by atoms with E-state index in [0.717, 1.165) is 12.2 Å². The fourth-order valence-corrected chi connectivity index (χ4v) is 1.76. The Balaban J connectivity index is 1.95. The molecule has 1 aromatic carbocycles. The first kappa shape index (κ1) is 11.9. The highest BCUT2D eigenvalue weighted by atomic mass is 35.5. The molecule has 1 aromatic heterocycles. The van der Waals surface area contributed by atoms with Crippen LogP contribution in [-0.2, 0) is 13.5 Å². The molecule has 1 N–H and O–H groups in total. The van der Waals surface area contributed by atoms with Gasteiger partial charge in [-0.3, -0.25) is 0 Å². The minimum Gasteiger partial charge on any atom is -0.382 e. The van der Waals surface area contributed by atoms with E-state index in [1.54, 1.807) is 18.3 Å². The quantitative estimate of drug-likeness (QED) is 0.908. The standard InChI is InChI=1S/C12H13ClFN3/c1-17-8-7-16-11(17)5-6-15-10-4-2-3-9(13)12(10)14/h2-4,7-8,15H,5-6H2,1H3. The molecule has 0 aliphatic rings. The molecular weight excluding hydrogens is 241 g/mol. The second-order valence-corrected chi connectivity index (χ2v) is 4.14. The van der Waals surface area contributed by atoms with Crippen molar-refractivity contribution in [2.24, 2.45) is 7.05 Å². The predicted molar refractivity (Wildman–Crippen MR) is 66.8 cm³/mol. The highest BCUT2D eigenvalue weighted by Crippen LogP contribution is 2.21. The number of imidazole rings is 1. The van der Waals surface area contributed by atoms with Gasteiger partial charge in [0.25, 0.3) is 0 Å². The van der Waals surface area contributed by atoms with Crippen LogP contribution in [0.3, 0.4) is 0 Å². The van der Waals surface area contributed by atoms with Crippen LogP contribution >= 0.6 is 11.6 Å². The maximum atomic E-state index is 13.5. The van der Waals surface area contributed by atoms with Crippen LogP contribution in [0.25, 0.3) is 0 Å². The predicted octanol–water partition coefficient (Wildman–Crippen LogP) is 2.87. The van der Waals surface area contributed by atoms with E-state index in [0.29, 0.717) is 12.2 Å². The van der Waals surface area contributed by atoms with Crippen molar-refractivity contribution in [1.82, 2.24) is 9.55 Å². The number of aromatic nitrogens is 2. The van der Waals surface area contributed by atoms with E-state index in [1.807, 2.05) is 17.8 Å². The number of hydrogen-bond donors (Lipinski definition) is 1. The van der Waals surface area contributed by atoms with Crippen LogP contribution in [0.5, 0.6) is 0 Å². The van der Waals surface area contributed by atoms with E-state index in [2.05, 4.69) is 10.3 Å². The number of anilines is 1. The topological polar surface area (TPSA) is 29.9 Å². The summed E-state index contributed by atoms with van der Waals surface area (Å²) in [4.78, 5) is 4.19. The molecule has 2 rings (SSSR count). The summed E-state index contributed by atoms with van der Waals surface area (Å²) in [6.07, 6.45) is 4.36. The molecule has 17 heavy (non-hydrogen) atoms. The number of benzene rings is 1. The smallest absolute Gasteiger partial charge is 0.164 e. The molecule has 0 spiro atoms. The van der Waals surface area contributed by atoms with Crippen LogP contribution in [-0.4, -0.2) is 16.1 Å². The third kappa shape index (κ3) is 2.77. The van der Waals surface area contributed by atoms with Gasteiger partial charge in [0.2, 0.25) is 0 Å². The Morgan fingerprint density at radius 1 is 1.47 bits per heavy atom. The largest absolute Gasteiger partial charge is 0.382 e. The fourth-order valence-electron chi connectivity index (χ4n) is 1.59. The van der Waals surface area contributed by atoms with Crippen LogP contribution in [0.4, 0.5) is 10.1 Å². The lowest BCUT2D eigenvalue weighted by molar-refractivity contribution is 0.630. The molecule has 0 radical (unpaired) electrons. The van der Waals surface area contributed by atoms with Crippen LogP contribution in [0.2, 0.25) is 5.02 Å². The summed E-state index contributed by atoms with van der Waals surface area (Å²) in [6, 6.07) is 4.91. The van der Waals surface area contributed by atoms with Gasteiger partial charge in [-0.1, -0.05) is 17.7 Å². The van der Waals surface area contributed by atoms with Crippen LogP contribution in [0.1, 0.15) is 5.82 Å². The Hall–Kier alpha value is -1.55. The number of aryl methyl sites for hydroxylation is 1. The van der Waals surface area contributed by atoms with Crippen molar-refractivity contribution in [3.05, 3.63) is 47.3 Å². The molecule has 2 aromatic rings. The molecule has 0 bridgehead atoms. The first-order chi connectivity index (χ1) is 8.18. The average Bonchev–Trinajstić information content (AvgIpc) is 2.71. The molecule has 0 saturated heterocycles. The van der Waals surface area contributed by atoms with E-state index in [1.165, 1.54) is 6.07 Å². The highest BCUT2D eigenvalue weighted by molar-refractivity contribution is 6.31. The molecule has 0 aliphatic carbocycles. The summed E-state index contributed by atoms with van der Waals surface area (Å²) in [5.74, 6) is 0.550. The van der Waals surface area contributed by atoms with Crippen LogP contribution in [0, 0.1) is 5.82 Å². The molecule has 1 heterocycles. The van der Waals surface area contributed by atoms with Gasteiger partial charge in [-0.25, -0.2) is 9.37 Å². The van der Waals surface area contributed by atoms with Gasteiger partial charge in [0.05, 0.1) is 10.7 Å². The van der Waals surface area contributed by atoms with Crippen LogP contribution < -0.4 is 5.32 Å². The van der Waals surface area contributed by atoms with E-state index < -0.39 is 5.82 Å². The number of hydrogen-bond acceptors (Lipinski definition) is 2. The lowest BCUT2D eigenvalue weighted by Gasteiger charge is -2.08. The molecule has 0 unspecified atom stereocenters. The summed E-state index contributed by atoms with van der Waals surface area (Å²) in [6.45, 7) is 0.613. The van der Waals surface area contributed by atoms with Gasteiger partial charge >= 0.3 is 0 Å². The van der Waals surface area contributed by atoms with Gasteiger partial charge in [-0.05, 0) is 12.1 Å². The summed E-state index contributed by atoms with van der Waals surface area (Å²) in [5.41, 5.74) is 0.423. The van der Waals surface area contributed by atoms with E-state index in [4.69, 9.17) is 11.6 Å². The molecule has 0 aliphatic heterocycles. The Bertz CT molecular complexity index is 510. The summed E-state index contributed by atoms with van der Waals surface area (Å²) < 4.78 is 15.5. The van der Waals surface area contributed by atoms with E-state index in [-0.39, 0.29) is 5.02 Å². The molecule has 3 nitrogen and oxygen atoms in total. The van der Waals surface area contributed by atoms with Crippen molar-refractivity contribution < 1.29 is 4.39 Å². The summed E-state index contributed by atoms with van der Waals surface area (Å²) >= 11 is 5.69. The van der Waals surface area contributed by atoms with E-state index in [9.17, 15) is 4.39 Å². The fraction of sp³-hybridized carbons (Fsp3) is 0.250. The minimum absolute atomic E-state index is 0.131. The number of nitrogens with one attached hydrogen (secondary N) is 1. The zero-order valence-electron chi connectivity index (χ0n) is 9.45. The maximum absolute atomic E-state index is 13.5. The lowest BCUT2D eigenvalue weighted by Crippen LogP contribution is -2.09. The molecule has 0 fully saturated rings. The molecule has 0 saturated carbocycles. The van der Waals surface area contributed by atoms with Gasteiger partial charge in [0.15, 0.2) is 5.82 Å². The Kier molecular flexibility index (Phi) is 3.64. The first-order valence-corrected chi connectivity index (χ1v) is 5.70. The van der Waals surface area contributed by atoms with E-state index >= 15 is 0 Å². The molecule has 0 amide bonds. The Morgan fingerprint density at radius 3 is 3.00 bits per heavy atom. The third-order valence-corrected chi connectivity index (χ3v) is 2.83. The lowest BCUT2D eigenvalue weighted by atomic mass is 10.3. The van der Waals surface area contributed by atoms with Crippen molar-refractivity contribution in [3.8, 4) is 0 Å². The van der Waals surface area contributed by atoms with Gasteiger partial charge in [0.1, 0.15) is 5.82 Å². The second kappa shape index (κ2) is 5.19. The SMILES string of the molecule is Cn1ccnc1CCNc1cccc(Cl)c1F. The van der Waals surface area contributed by atoms with Gasteiger partial charge in [-0.2, -0.15) is 0 Å². The van der Waals surface area contributed by atoms with Crippen molar-refractivity contribution in [3.63, 3.8) is 0 Å². The zero-order chi connectivity index (χ0) is 12.3. The first-order valence-electron chi connectivity index (χ1n) is 5.32. The van der Waals surface area contributed by atoms with Gasteiger partial charge < -0.3 is 9.88 Å².